The second-order valence-electron chi connectivity index (χ2n) is 7.70. The molecular formula is C27H23FN2O5. The maximum absolute atomic E-state index is 13.4. The summed E-state index contributed by atoms with van der Waals surface area (Å²) in [6.07, 6.45) is 1.36. The Bertz CT molecular complexity index is 1460. The molecule has 4 rings (SSSR count). The SMILES string of the molecule is CCOc1ccc2c(c1)c(=O)c(C(=O)c1ccc(F)cc1)cn2CC(=O)Nc1ccccc1OC. The van der Waals surface area contributed by atoms with Crippen molar-refractivity contribution < 1.29 is 23.5 Å². The number of hydrogen-bond acceptors (Lipinski definition) is 5. The van der Waals surface area contributed by atoms with Crippen molar-refractivity contribution in [1.29, 1.82) is 0 Å². The minimum Gasteiger partial charge on any atom is -0.495 e. The first-order chi connectivity index (χ1) is 16.9. The monoisotopic (exact) mass is 474 g/mol. The van der Waals surface area contributed by atoms with Gasteiger partial charge in [-0.2, -0.15) is 0 Å². The Balaban J connectivity index is 1.78. The van der Waals surface area contributed by atoms with E-state index < -0.39 is 17.0 Å². The van der Waals surface area contributed by atoms with Crippen molar-refractivity contribution in [3.05, 3.63) is 100 Å². The van der Waals surface area contributed by atoms with E-state index in [4.69, 9.17) is 9.47 Å². The molecule has 1 N–H and O–H groups in total. The van der Waals surface area contributed by atoms with E-state index in [1.807, 2.05) is 6.92 Å². The first-order valence-corrected chi connectivity index (χ1v) is 10.9. The number of amides is 1. The van der Waals surface area contributed by atoms with Crippen LogP contribution < -0.4 is 20.2 Å². The maximum atomic E-state index is 13.4. The summed E-state index contributed by atoms with van der Waals surface area (Å²) in [4.78, 5) is 39.4. The molecule has 4 aromatic rings. The molecule has 1 heterocycles. The van der Waals surface area contributed by atoms with Gasteiger partial charge in [0.25, 0.3) is 0 Å². The number of fused-ring (bicyclic) bond motifs is 1. The van der Waals surface area contributed by atoms with Crippen molar-refractivity contribution in [1.82, 2.24) is 4.57 Å². The minimum atomic E-state index is -0.572. The smallest absolute Gasteiger partial charge is 0.244 e. The number of anilines is 1. The molecule has 0 spiro atoms. The number of aromatic nitrogens is 1. The van der Waals surface area contributed by atoms with Crippen molar-refractivity contribution >= 4 is 28.3 Å². The molecule has 0 unspecified atom stereocenters. The summed E-state index contributed by atoms with van der Waals surface area (Å²) < 4.78 is 25.7. The lowest BCUT2D eigenvalue weighted by Crippen LogP contribution is -2.24. The fourth-order valence-corrected chi connectivity index (χ4v) is 3.77. The van der Waals surface area contributed by atoms with E-state index in [1.165, 1.54) is 30.0 Å². The third-order valence-corrected chi connectivity index (χ3v) is 5.41. The molecule has 0 aliphatic rings. The summed E-state index contributed by atoms with van der Waals surface area (Å²) in [6, 6.07) is 16.8. The number of nitrogens with zero attached hydrogens (tertiary/aromatic N) is 1. The standard InChI is InChI=1S/C27H23FN2O5/c1-3-35-19-12-13-23-20(14-19)27(33)21(26(32)17-8-10-18(28)11-9-17)15-30(23)16-25(31)29-22-6-4-5-7-24(22)34-2/h4-15H,3,16H2,1-2H3,(H,29,31). The molecule has 0 bridgehead atoms. The first-order valence-electron chi connectivity index (χ1n) is 10.9. The van der Waals surface area contributed by atoms with Crippen LogP contribution in [0, 0.1) is 5.82 Å². The molecule has 0 saturated carbocycles. The molecule has 1 aromatic heterocycles. The average molecular weight is 474 g/mol. The average Bonchev–Trinajstić information content (AvgIpc) is 2.86. The fourth-order valence-electron chi connectivity index (χ4n) is 3.77. The molecule has 0 aliphatic carbocycles. The van der Waals surface area contributed by atoms with Gasteiger partial charge in [0.2, 0.25) is 11.3 Å². The van der Waals surface area contributed by atoms with Crippen molar-refractivity contribution in [2.75, 3.05) is 19.0 Å². The second-order valence-corrected chi connectivity index (χ2v) is 7.70. The van der Waals surface area contributed by atoms with Crippen LogP contribution >= 0.6 is 0 Å². The molecule has 35 heavy (non-hydrogen) atoms. The normalized spacial score (nSPS) is 10.7. The lowest BCUT2D eigenvalue weighted by atomic mass is 10.0. The Morgan fingerprint density at radius 3 is 2.49 bits per heavy atom. The van der Waals surface area contributed by atoms with E-state index in [1.54, 1.807) is 42.5 Å². The number of pyridine rings is 1. The number of ether oxygens (including phenoxy) is 2. The lowest BCUT2D eigenvalue weighted by molar-refractivity contribution is -0.116. The van der Waals surface area contributed by atoms with Crippen molar-refractivity contribution in [3.8, 4) is 11.5 Å². The Morgan fingerprint density at radius 1 is 1.03 bits per heavy atom. The molecule has 7 nitrogen and oxygen atoms in total. The highest BCUT2D eigenvalue weighted by Gasteiger charge is 2.19. The van der Waals surface area contributed by atoms with Gasteiger partial charge < -0.3 is 19.4 Å². The second kappa shape index (κ2) is 10.2. The van der Waals surface area contributed by atoms with Gasteiger partial charge in [-0.1, -0.05) is 12.1 Å². The Hall–Kier alpha value is -4.46. The van der Waals surface area contributed by atoms with E-state index in [0.29, 0.717) is 29.3 Å². The summed E-state index contributed by atoms with van der Waals surface area (Å²) in [7, 11) is 1.50. The van der Waals surface area contributed by atoms with Crippen LogP contribution in [0.15, 0.2) is 77.7 Å². The largest absolute Gasteiger partial charge is 0.495 e. The van der Waals surface area contributed by atoms with Gasteiger partial charge in [0, 0.05) is 11.8 Å². The zero-order valence-electron chi connectivity index (χ0n) is 19.2. The molecular weight excluding hydrogens is 451 g/mol. The minimum absolute atomic E-state index is 0.136. The van der Waals surface area contributed by atoms with Crippen molar-refractivity contribution in [2.45, 2.75) is 13.5 Å². The van der Waals surface area contributed by atoms with Crippen LogP contribution in [0.3, 0.4) is 0 Å². The molecule has 1 amide bonds. The molecule has 8 heteroatoms. The van der Waals surface area contributed by atoms with E-state index in [2.05, 4.69) is 5.32 Å². The van der Waals surface area contributed by atoms with Crippen LogP contribution in [0.4, 0.5) is 10.1 Å². The fraction of sp³-hybridized carbons (Fsp3) is 0.148. The highest BCUT2D eigenvalue weighted by Crippen LogP contribution is 2.24. The number of carbonyl (C=O) groups excluding carboxylic acids is 2. The predicted molar refractivity (Wildman–Crippen MR) is 131 cm³/mol. The van der Waals surface area contributed by atoms with Gasteiger partial charge in [-0.3, -0.25) is 14.4 Å². The Morgan fingerprint density at radius 2 is 1.77 bits per heavy atom. The number of methoxy groups -OCH3 is 1. The summed E-state index contributed by atoms with van der Waals surface area (Å²) in [5.41, 5.74) is 0.477. The number of nitrogens with one attached hydrogen (secondary N) is 1. The van der Waals surface area contributed by atoms with Gasteiger partial charge >= 0.3 is 0 Å². The van der Waals surface area contributed by atoms with Gasteiger partial charge in [-0.15, -0.1) is 0 Å². The van der Waals surface area contributed by atoms with Crippen LogP contribution in [0.2, 0.25) is 0 Å². The number of benzene rings is 3. The lowest BCUT2D eigenvalue weighted by Gasteiger charge is -2.15. The quantitative estimate of drug-likeness (QED) is 0.382. The Labute approximate surface area is 200 Å². The molecule has 0 fully saturated rings. The highest BCUT2D eigenvalue weighted by molar-refractivity contribution is 6.10. The zero-order chi connectivity index (χ0) is 24.9. The van der Waals surface area contributed by atoms with E-state index in [9.17, 15) is 18.8 Å². The van der Waals surface area contributed by atoms with Crippen molar-refractivity contribution in [2.24, 2.45) is 0 Å². The summed E-state index contributed by atoms with van der Waals surface area (Å²) in [5.74, 6) is -0.481. The number of carbonyl (C=O) groups is 2. The van der Waals surface area contributed by atoms with Crippen LogP contribution in [0.1, 0.15) is 22.8 Å². The maximum Gasteiger partial charge on any atom is 0.244 e. The molecule has 0 aliphatic heterocycles. The topological polar surface area (TPSA) is 86.6 Å². The zero-order valence-corrected chi connectivity index (χ0v) is 19.2. The van der Waals surface area contributed by atoms with Crippen LogP contribution in [-0.2, 0) is 11.3 Å². The third-order valence-electron chi connectivity index (χ3n) is 5.41. The van der Waals surface area contributed by atoms with Crippen LogP contribution in [0.5, 0.6) is 11.5 Å². The van der Waals surface area contributed by atoms with Crippen LogP contribution in [-0.4, -0.2) is 30.0 Å². The summed E-state index contributed by atoms with van der Waals surface area (Å²) in [5, 5.41) is 3.02. The highest BCUT2D eigenvalue weighted by atomic mass is 19.1. The molecule has 0 saturated heterocycles. The van der Waals surface area contributed by atoms with E-state index in [-0.39, 0.29) is 29.0 Å². The Kier molecular flexibility index (Phi) is 6.91. The van der Waals surface area contributed by atoms with Gasteiger partial charge in [-0.05, 0) is 61.5 Å². The number of rotatable bonds is 8. The molecule has 3 aromatic carbocycles. The predicted octanol–water partition coefficient (Wildman–Crippen LogP) is 4.42. The molecule has 0 radical (unpaired) electrons. The molecule has 0 atom stereocenters. The molecule has 178 valence electrons. The van der Waals surface area contributed by atoms with Gasteiger partial charge in [0.05, 0.1) is 35.9 Å². The number of ketones is 1. The number of hydrogen-bond donors (Lipinski definition) is 1. The van der Waals surface area contributed by atoms with Crippen molar-refractivity contribution in [3.63, 3.8) is 0 Å². The van der Waals surface area contributed by atoms with E-state index in [0.717, 1.165) is 12.1 Å². The van der Waals surface area contributed by atoms with E-state index >= 15 is 0 Å². The van der Waals surface area contributed by atoms with Gasteiger partial charge in [0.1, 0.15) is 23.9 Å². The van der Waals surface area contributed by atoms with Gasteiger partial charge in [0.15, 0.2) is 5.78 Å². The van der Waals surface area contributed by atoms with Gasteiger partial charge in [-0.25, -0.2) is 4.39 Å². The summed E-state index contributed by atoms with van der Waals surface area (Å²) >= 11 is 0. The number of halogens is 1. The summed E-state index contributed by atoms with van der Waals surface area (Å²) in [6.45, 7) is 2.04. The number of para-hydroxylation sites is 2. The third kappa shape index (κ3) is 5.06. The first kappa shape index (κ1) is 23.7. The van der Waals surface area contributed by atoms with Crippen LogP contribution in [0.25, 0.3) is 10.9 Å².